The van der Waals surface area contributed by atoms with Crippen molar-refractivity contribution >= 4 is 34.5 Å². The summed E-state index contributed by atoms with van der Waals surface area (Å²) in [7, 11) is 5.30. The Morgan fingerprint density at radius 2 is 1.76 bits per heavy atom. The van der Waals surface area contributed by atoms with Gasteiger partial charge in [-0.25, -0.2) is 9.37 Å². The van der Waals surface area contributed by atoms with Gasteiger partial charge in [-0.05, 0) is 106 Å². The Morgan fingerprint density at radius 3 is 2.36 bits per heavy atom. The fourth-order valence-electron chi connectivity index (χ4n) is 4.93. The molecule has 1 aliphatic rings. The fourth-order valence-corrected chi connectivity index (χ4v) is 5.90. The van der Waals surface area contributed by atoms with E-state index in [1.807, 2.05) is 58.4 Å². The van der Waals surface area contributed by atoms with Gasteiger partial charge in [-0.1, -0.05) is 6.07 Å². The summed E-state index contributed by atoms with van der Waals surface area (Å²) in [5.74, 6) is 0.274. The summed E-state index contributed by atoms with van der Waals surface area (Å²) in [5.41, 5.74) is 4.09. The number of hydrogen-bond acceptors (Lipinski definition) is 7. The molecule has 0 saturated heterocycles. The summed E-state index contributed by atoms with van der Waals surface area (Å²) < 4.78 is 25.0. The van der Waals surface area contributed by atoms with Crippen molar-refractivity contribution in [3.8, 4) is 28.2 Å². The summed E-state index contributed by atoms with van der Waals surface area (Å²) in [4.78, 5) is 31.3. The number of methoxy groups -OCH3 is 1. The zero-order valence-corrected chi connectivity index (χ0v) is 24.9. The largest absolute Gasteiger partial charge is 0.496 e. The monoisotopic (exact) mass is 585 g/mol. The van der Waals surface area contributed by atoms with E-state index < -0.39 is 5.54 Å². The number of nitrogens with zero attached hydrogens (tertiary/aromatic N) is 1. The van der Waals surface area contributed by atoms with Gasteiger partial charge < -0.3 is 19.8 Å². The second-order valence-corrected chi connectivity index (χ2v) is 11.6. The molecule has 216 valence electrons. The van der Waals surface area contributed by atoms with Crippen LogP contribution in [0, 0.1) is 19.7 Å². The van der Waals surface area contributed by atoms with Crippen molar-refractivity contribution in [3.63, 3.8) is 0 Å². The van der Waals surface area contributed by atoms with Gasteiger partial charge in [0.05, 0.1) is 23.8 Å². The molecule has 2 N–H and O–H groups in total. The second kappa shape index (κ2) is 11.9. The van der Waals surface area contributed by atoms with Crippen molar-refractivity contribution in [2.45, 2.75) is 32.2 Å². The predicted octanol–water partition coefficient (Wildman–Crippen LogP) is 7.06. The molecule has 5 aromatic rings. The van der Waals surface area contributed by atoms with Gasteiger partial charge in [0.1, 0.15) is 27.9 Å². The van der Waals surface area contributed by atoms with Gasteiger partial charge in [0.25, 0.3) is 5.91 Å². The lowest BCUT2D eigenvalue weighted by Crippen LogP contribution is -2.35. The number of fused-ring (bicyclic) bond motifs is 1. The Balaban J connectivity index is 0.00000113. The lowest BCUT2D eigenvalue weighted by Gasteiger charge is -2.18. The smallest absolute Gasteiger partial charge is 0.255 e. The number of hydrogen-bond donors (Lipinski definition) is 2. The maximum atomic E-state index is 13.5. The minimum atomic E-state index is -0.433. The van der Waals surface area contributed by atoms with Crippen molar-refractivity contribution in [2.24, 2.45) is 0 Å². The van der Waals surface area contributed by atoms with Crippen LogP contribution in [0.4, 0.5) is 4.39 Å². The molecule has 3 aromatic carbocycles. The molecule has 1 saturated carbocycles. The van der Waals surface area contributed by atoms with E-state index in [0.717, 1.165) is 45.7 Å². The first kappa shape index (κ1) is 29.2. The third kappa shape index (κ3) is 5.57. The minimum Gasteiger partial charge on any atom is -0.496 e. The summed E-state index contributed by atoms with van der Waals surface area (Å²) in [6.45, 7) is 3.95. The Hall–Kier alpha value is -4.34. The van der Waals surface area contributed by atoms with Crippen LogP contribution in [0.5, 0.6) is 5.75 Å². The normalized spacial score (nSPS) is 13.3. The number of aldehydes is 1. The van der Waals surface area contributed by atoms with E-state index in [2.05, 4.69) is 15.6 Å². The highest BCUT2D eigenvalue weighted by Gasteiger charge is 2.48. The molecule has 0 bridgehead atoms. The van der Waals surface area contributed by atoms with Crippen LogP contribution in [0.1, 0.15) is 49.0 Å². The maximum Gasteiger partial charge on any atom is 0.255 e. The standard InChI is InChI=1S/C31H25FN2O4S.C2H7N/c1-17-12-27(37-3)24(29(36)34-31(10-11-31)30-33-15-18(2)39-30)14-22(17)20-6-9-26-23(13-20)25(16-35)28(38-26)19-4-7-21(32)8-5-19;1-3-2/h4-9,12-16H,10-11H2,1-3H3,(H,34,36);3H,1-2H3. The first-order chi connectivity index (χ1) is 20.2. The first-order valence-electron chi connectivity index (χ1n) is 13.5. The molecule has 0 atom stereocenters. The molecule has 1 amide bonds. The van der Waals surface area contributed by atoms with Crippen LogP contribution < -0.4 is 15.4 Å². The summed E-state index contributed by atoms with van der Waals surface area (Å²) in [5, 5.41) is 7.51. The molecule has 1 aliphatic carbocycles. The van der Waals surface area contributed by atoms with Crippen molar-refractivity contribution in [2.75, 3.05) is 21.2 Å². The van der Waals surface area contributed by atoms with Crippen LogP contribution >= 0.6 is 11.3 Å². The minimum absolute atomic E-state index is 0.227. The zero-order chi connectivity index (χ0) is 30.0. The summed E-state index contributed by atoms with van der Waals surface area (Å²) in [6, 6.07) is 15.1. The van der Waals surface area contributed by atoms with Crippen LogP contribution in [-0.4, -0.2) is 38.4 Å². The highest BCUT2D eigenvalue weighted by molar-refractivity contribution is 7.11. The number of ether oxygens (including phenoxy) is 1. The van der Waals surface area contributed by atoms with E-state index in [9.17, 15) is 14.0 Å². The fraction of sp³-hybridized carbons (Fsp3) is 0.242. The number of rotatable bonds is 7. The Morgan fingerprint density at radius 1 is 1.07 bits per heavy atom. The molecule has 7 nitrogen and oxygen atoms in total. The van der Waals surface area contributed by atoms with E-state index in [1.54, 1.807) is 36.6 Å². The Kier molecular flexibility index (Phi) is 8.24. The Bertz CT molecular complexity index is 1770. The highest BCUT2D eigenvalue weighted by atomic mass is 32.1. The second-order valence-electron chi connectivity index (χ2n) is 10.4. The van der Waals surface area contributed by atoms with Crippen LogP contribution in [-0.2, 0) is 5.54 Å². The van der Waals surface area contributed by atoms with Gasteiger partial charge in [-0.15, -0.1) is 11.3 Å². The summed E-state index contributed by atoms with van der Waals surface area (Å²) in [6.07, 6.45) is 4.27. The predicted molar refractivity (Wildman–Crippen MR) is 164 cm³/mol. The van der Waals surface area contributed by atoms with Crippen LogP contribution in [0.25, 0.3) is 33.4 Å². The van der Waals surface area contributed by atoms with E-state index in [0.29, 0.717) is 39.2 Å². The molecule has 9 heteroatoms. The number of nitrogens with one attached hydrogen (secondary N) is 2. The van der Waals surface area contributed by atoms with Gasteiger partial charge >= 0.3 is 0 Å². The molecule has 6 rings (SSSR count). The number of benzene rings is 3. The number of carbonyl (C=O) groups is 2. The molecule has 0 aliphatic heterocycles. The summed E-state index contributed by atoms with van der Waals surface area (Å²) >= 11 is 1.60. The maximum absolute atomic E-state index is 13.5. The van der Waals surface area contributed by atoms with Crippen LogP contribution in [0.15, 0.2) is 65.2 Å². The van der Waals surface area contributed by atoms with Gasteiger partial charge in [0, 0.05) is 22.0 Å². The number of carbonyl (C=O) groups excluding carboxylic acids is 2. The first-order valence-corrected chi connectivity index (χ1v) is 14.4. The average Bonchev–Trinajstić information content (AvgIpc) is 3.46. The SMILES string of the molecule is CNC.COc1cc(C)c(-c2ccc3oc(-c4ccc(F)cc4)c(C=O)c3c2)cc1C(=O)NC1(c2ncc(C)s2)CC1. The van der Waals surface area contributed by atoms with E-state index in [4.69, 9.17) is 9.15 Å². The lowest BCUT2D eigenvalue weighted by molar-refractivity contribution is 0.0927. The molecular formula is C33H32FN3O4S. The van der Waals surface area contributed by atoms with Crippen LogP contribution in [0.3, 0.4) is 0 Å². The molecular weight excluding hydrogens is 553 g/mol. The zero-order valence-electron chi connectivity index (χ0n) is 24.1. The molecule has 2 heterocycles. The van der Waals surface area contributed by atoms with Gasteiger partial charge in [-0.2, -0.15) is 0 Å². The van der Waals surface area contributed by atoms with E-state index in [-0.39, 0.29) is 11.7 Å². The number of aromatic nitrogens is 1. The van der Waals surface area contributed by atoms with Crippen LogP contribution in [0.2, 0.25) is 0 Å². The molecule has 42 heavy (non-hydrogen) atoms. The highest BCUT2D eigenvalue weighted by Crippen LogP contribution is 2.47. The van der Waals surface area contributed by atoms with Gasteiger partial charge in [-0.3, -0.25) is 9.59 Å². The number of thiazole rings is 1. The number of furan rings is 1. The van der Waals surface area contributed by atoms with Crippen molar-refractivity contribution in [1.82, 2.24) is 15.6 Å². The number of aryl methyl sites for hydroxylation is 2. The lowest BCUT2D eigenvalue weighted by atomic mass is 9.95. The van der Waals surface area contributed by atoms with Gasteiger partial charge in [0.15, 0.2) is 6.29 Å². The van der Waals surface area contributed by atoms with Crippen molar-refractivity contribution in [3.05, 3.63) is 93.2 Å². The number of halogens is 1. The number of amides is 1. The molecule has 0 radical (unpaired) electrons. The van der Waals surface area contributed by atoms with Gasteiger partial charge in [0.2, 0.25) is 0 Å². The third-order valence-corrected chi connectivity index (χ3v) is 8.30. The van der Waals surface area contributed by atoms with E-state index >= 15 is 0 Å². The average molecular weight is 586 g/mol. The van der Waals surface area contributed by atoms with Crippen molar-refractivity contribution < 1.29 is 23.1 Å². The topological polar surface area (TPSA) is 93.5 Å². The molecule has 2 aromatic heterocycles. The molecule has 0 spiro atoms. The molecule has 1 fully saturated rings. The van der Waals surface area contributed by atoms with Crippen molar-refractivity contribution in [1.29, 1.82) is 0 Å². The quantitative estimate of drug-likeness (QED) is 0.199. The van der Waals surface area contributed by atoms with E-state index in [1.165, 1.54) is 12.1 Å². The molecule has 0 unspecified atom stereocenters. The third-order valence-electron chi connectivity index (χ3n) is 7.19. The Labute approximate surface area is 247 Å².